The molecular formula is C20H25N3O2S2. The molecule has 144 valence electrons. The van der Waals surface area contributed by atoms with Crippen molar-refractivity contribution in [2.45, 2.75) is 31.7 Å². The summed E-state index contributed by atoms with van der Waals surface area (Å²) in [5.41, 5.74) is 2.65. The molecule has 0 saturated carbocycles. The molecule has 2 heterocycles. The number of nitrogens with zero attached hydrogens (tertiary/aromatic N) is 2. The molecule has 1 aromatic carbocycles. The Morgan fingerprint density at radius 2 is 2.00 bits per heavy atom. The minimum atomic E-state index is -3.67. The molecule has 0 amide bonds. The SMILES string of the molecule is CCN(CC)C(CNS(=O)(=O)c1cccc2cc(C)cnc12)c1ccsc1. The van der Waals surface area contributed by atoms with E-state index in [0.717, 1.165) is 29.6 Å². The van der Waals surface area contributed by atoms with E-state index in [1.54, 1.807) is 29.7 Å². The van der Waals surface area contributed by atoms with Crippen LogP contribution in [-0.4, -0.2) is 37.9 Å². The van der Waals surface area contributed by atoms with Crippen LogP contribution in [0.15, 0.2) is 52.2 Å². The van der Waals surface area contributed by atoms with Crippen molar-refractivity contribution in [2.75, 3.05) is 19.6 Å². The smallest absolute Gasteiger partial charge is 0.242 e. The van der Waals surface area contributed by atoms with Gasteiger partial charge in [-0.3, -0.25) is 9.88 Å². The zero-order valence-electron chi connectivity index (χ0n) is 15.8. The largest absolute Gasteiger partial charge is 0.296 e. The monoisotopic (exact) mass is 403 g/mol. The summed E-state index contributed by atoms with van der Waals surface area (Å²) in [4.78, 5) is 6.85. The van der Waals surface area contributed by atoms with Gasteiger partial charge in [-0.15, -0.1) is 0 Å². The van der Waals surface area contributed by atoms with E-state index in [2.05, 4.69) is 39.9 Å². The van der Waals surface area contributed by atoms with E-state index in [1.807, 2.05) is 24.4 Å². The molecule has 1 N–H and O–H groups in total. The molecule has 0 aliphatic carbocycles. The molecule has 0 spiro atoms. The minimum absolute atomic E-state index is 0.00575. The first kappa shape index (κ1) is 19.9. The van der Waals surface area contributed by atoms with Gasteiger partial charge in [0.1, 0.15) is 4.90 Å². The van der Waals surface area contributed by atoms with Gasteiger partial charge in [0.2, 0.25) is 10.0 Å². The van der Waals surface area contributed by atoms with Crippen LogP contribution in [-0.2, 0) is 10.0 Å². The quantitative estimate of drug-likeness (QED) is 0.618. The van der Waals surface area contributed by atoms with E-state index >= 15 is 0 Å². The second kappa shape index (κ2) is 8.48. The van der Waals surface area contributed by atoms with Gasteiger partial charge in [-0.25, -0.2) is 13.1 Å². The molecule has 5 nitrogen and oxygen atoms in total. The minimum Gasteiger partial charge on any atom is -0.296 e. The average molecular weight is 404 g/mol. The van der Waals surface area contributed by atoms with Gasteiger partial charge < -0.3 is 0 Å². The lowest BCUT2D eigenvalue weighted by atomic mass is 10.1. The number of likely N-dealkylation sites (N-methyl/N-ethyl adjacent to an activating group) is 1. The molecule has 0 radical (unpaired) electrons. The van der Waals surface area contributed by atoms with Gasteiger partial charge in [-0.05, 0) is 60.1 Å². The summed E-state index contributed by atoms with van der Waals surface area (Å²) >= 11 is 1.63. The van der Waals surface area contributed by atoms with E-state index in [9.17, 15) is 8.42 Å². The Bertz CT molecular complexity index is 997. The van der Waals surface area contributed by atoms with Crippen LogP contribution in [0.3, 0.4) is 0 Å². The highest BCUT2D eigenvalue weighted by atomic mass is 32.2. The maximum atomic E-state index is 13.0. The van der Waals surface area contributed by atoms with Crippen molar-refractivity contribution in [3.8, 4) is 0 Å². The lowest BCUT2D eigenvalue weighted by Gasteiger charge is -2.29. The highest BCUT2D eigenvalue weighted by Gasteiger charge is 2.23. The number of aryl methyl sites for hydroxylation is 1. The van der Waals surface area contributed by atoms with Crippen molar-refractivity contribution in [1.82, 2.24) is 14.6 Å². The van der Waals surface area contributed by atoms with E-state index in [0.29, 0.717) is 12.1 Å². The Morgan fingerprint density at radius 3 is 2.67 bits per heavy atom. The molecule has 0 aliphatic heterocycles. The second-order valence-corrected chi connectivity index (χ2v) is 9.00. The molecule has 1 atom stereocenters. The number of benzene rings is 1. The van der Waals surface area contributed by atoms with Crippen molar-refractivity contribution in [1.29, 1.82) is 0 Å². The van der Waals surface area contributed by atoms with Crippen LogP contribution in [0, 0.1) is 6.92 Å². The third-order valence-electron chi connectivity index (χ3n) is 4.75. The van der Waals surface area contributed by atoms with Crippen molar-refractivity contribution < 1.29 is 8.42 Å². The molecule has 0 saturated heterocycles. The standard InChI is InChI=1S/C20H25N3O2S2/c1-4-23(5-2)18(17-9-10-26-14-17)13-22-27(24,25)19-8-6-7-16-11-15(3)12-21-20(16)19/h6-12,14,18,22H,4-5,13H2,1-3H3. The average Bonchev–Trinajstić information content (AvgIpc) is 3.18. The van der Waals surface area contributed by atoms with Crippen molar-refractivity contribution in [3.63, 3.8) is 0 Å². The van der Waals surface area contributed by atoms with E-state index in [1.165, 1.54) is 0 Å². The summed E-state index contributed by atoms with van der Waals surface area (Å²) in [5, 5.41) is 4.94. The summed E-state index contributed by atoms with van der Waals surface area (Å²) in [6.45, 7) is 8.16. The van der Waals surface area contributed by atoms with Crippen LogP contribution >= 0.6 is 11.3 Å². The summed E-state index contributed by atoms with van der Waals surface area (Å²) in [7, 11) is -3.67. The number of rotatable bonds is 8. The third-order valence-corrected chi connectivity index (χ3v) is 6.90. The van der Waals surface area contributed by atoms with Crippen LogP contribution in [0.5, 0.6) is 0 Å². The number of pyridine rings is 1. The van der Waals surface area contributed by atoms with Crippen LogP contribution in [0.2, 0.25) is 0 Å². The normalized spacial score (nSPS) is 13.3. The zero-order valence-corrected chi connectivity index (χ0v) is 17.5. The molecule has 27 heavy (non-hydrogen) atoms. The number of sulfonamides is 1. The zero-order chi connectivity index (χ0) is 19.4. The first-order valence-electron chi connectivity index (χ1n) is 9.07. The van der Waals surface area contributed by atoms with Gasteiger partial charge in [0, 0.05) is 24.2 Å². The third kappa shape index (κ3) is 4.38. The summed E-state index contributed by atoms with van der Waals surface area (Å²) in [6.07, 6.45) is 1.70. The lowest BCUT2D eigenvalue weighted by molar-refractivity contribution is 0.220. The molecule has 3 rings (SSSR count). The topological polar surface area (TPSA) is 62.3 Å². The first-order chi connectivity index (χ1) is 13.0. The van der Waals surface area contributed by atoms with Crippen LogP contribution in [0.1, 0.15) is 31.0 Å². The van der Waals surface area contributed by atoms with Gasteiger partial charge in [-0.2, -0.15) is 11.3 Å². The summed E-state index contributed by atoms with van der Waals surface area (Å²) < 4.78 is 28.9. The predicted octanol–water partition coefficient (Wildman–Crippen LogP) is 3.97. The molecule has 3 aromatic rings. The molecule has 0 aliphatic rings. The van der Waals surface area contributed by atoms with Crippen molar-refractivity contribution in [2.24, 2.45) is 0 Å². The van der Waals surface area contributed by atoms with Gasteiger partial charge in [-0.1, -0.05) is 26.0 Å². The molecular weight excluding hydrogens is 378 g/mol. The van der Waals surface area contributed by atoms with Gasteiger partial charge in [0.05, 0.1) is 5.52 Å². The maximum absolute atomic E-state index is 13.0. The molecule has 0 fully saturated rings. The Kier molecular flexibility index (Phi) is 6.26. The fourth-order valence-electron chi connectivity index (χ4n) is 3.31. The molecule has 0 bridgehead atoms. The second-order valence-electron chi connectivity index (χ2n) is 6.49. The number of hydrogen-bond acceptors (Lipinski definition) is 5. The van der Waals surface area contributed by atoms with Gasteiger partial charge in [0.25, 0.3) is 0 Å². The number of nitrogens with one attached hydrogen (secondary N) is 1. The van der Waals surface area contributed by atoms with Crippen LogP contribution < -0.4 is 4.72 Å². The summed E-state index contributed by atoms with van der Waals surface area (Å²) in [6, 6.07) is 9.28. The fraction of sp³-hybridized carbons (Fsp3) is 0.350. The molecule has 7 heteroatoms. The van der Waals surface area contributed by atoms with E-state index in [-0.39, 0.29) is 10.9 Å². The Balaban J connectivity index is 1.90. The van der Waals surface area contributed by atoms with Gasteiger partial charge >= 0.3 is 0 Å². The van der Waals surface area contributed by atoms with Crippen LogP contribution in [0.4, 0.5) is 0 Å². The van der Waals surface area contributed by atoms with Crippen molar-refractivity contribution >= 4 is 32.3 Å². The van der Waals surface area contributed by atoms with E-state index in [4.69, 9.17) is 0 Å². The number of fused-ring (bicyclic) bond motifs is 1. The maximum Gasteiger partial charge on any atom is 0.242 e. The number of para-hydroxylation sites is 1. The number of hydrogen-bond donors (Lipinski definition) is 1. The molecule has 2 aromatic heterocycles. The Labute approximate surface area is 165 Å². The fourth-order valence-corrected chi connectivity index (χ4v) is 5.24. The Hall–Kier alpha value is -1.80. The first-order valence-corrected chi connectivity index (χ1v) is 11.5. The highest BCUT2D eigenvalue weighted by molar-refractivity contribution is 7.89. The Morgan fingerprint density at radius 1 is 1.22 bits per heavy atom. The van der Waals surface area contributed by atoms with Crippen molar-refractivity contribution in [3.05, 3.63) is 58.4 Å². The number of aromatic nitrogens is 1. The molecule has 1 unspecified atom stereocenters. The highest BCUT2D eigenvalue weighted by Crippen LogP contribution is 2.25. The predicted molar refractivity (Wildman–Crippen MR) is 112 cm³/mol. The summed E-state index contributed by atoms with van der Waals surface area (Å²) in [5.74, 6) is 0. The van der Waals surface area contributed by atoms with Crippen LogP contribution in [0.25, 0.3) is 10.9 Å². The van der Waals surface area contributed by atoms with Gasteiger partial charge in [0.15, 0.2) is 0 Å². The number of thiophene rings is 1. The lowest BCUT2D eigenvalue weighted by Crippen LogP contribution is -2.38. The van der Waals surface area contributed by atoms with E-state index < -0.39 is 10.0 Å².